The van der Waals surface area contributed by atoms with Gasteiger partial charge in [0.2, 0.25) is 0 Å². The zero-order chi connectivity index (χ0) is 13.5. The molecule has 0 heterocycles. The van der Waals surface area contributed by atoms with Gasteiger partial charge in [0.15, 0.2) is 0 Å². The molecule has 0 saturated carbocycles. The predicted molar refractivity (Wildman–Crippen MR) is 0 cm³/mol. The van der Waals surface area contributed by atoms with Crippen molar-refractivity contribution >= 4 is 0 Å². The molecule has 0 aliphatic rings. The summed E-state index contributed by atoms with van der Waals surface area (Å²) in [5.74, 6) is 0. The van der Waals surface area contributed by atoms with Gasteiger partial charge in [0.05, 0.1) is 0 Å². The fraction of sp³-hybridized carbons (Fsp3) is 0. The van der Waals surface area contributed by atoms with E-state index in [0.717, 1.165) is 0 Å². The Bertz CT molecular complexity index is 91.3. The molecule has 0 bridgehead atoms. The van der Waals surface area contributed by atoms with Crippen LogP contribution in [0.2, 0.25) is 0 Å². The zero-order valence-corrected chi connectivity index (χ0v) is 9.76. The molecule has 0 unspecified atom stereocenters. The Hall–Kier alpha value is 0.909. The molecule has 0 aliphatic heterocycles. The van der Waals surface area contributed by atoms with E-state index in [9.17, 15) is 0 Å². The molecule has 0 fully saturated rings. The summed E-state index contributed by atoms with van der Waals surface area (Å²) in [5.41, 5.74) is 0. The van der Waals surface area contributed by atoms with Crippen LogP contribution in [0.3, 0.4) is 0 Å². The van der Waals surface area contributed by atoms with Crippen molar-refractivity contribution in [3.8, 4) is 0 Å². The van der Waals surface area contributed by atoms with E-state index in [4.69, 9.17) is 55.9 Å². The first kappa shape index (κ1) is 25.7. The molecule has 0 aliphatic carbocycles. The summed E-state index contributed by atoms with van der Waals surface area (Å²) in [7, 11) is -14.8. The van der Waals surface area contributed by atoms with E-state index in [1.807, 2.05) is 0 Å². The third-order valence-corrected chi connectivity index (χ3v) is 0. The molecule has 0 aromatic carbocycles. The average molecular weight is 354 g/mol. The molecule has 0 aromatic heterocycles. The summed E-state index contributed by atoms with van der Waals surface area (Å²) >= 11 is 0. The van der Waals surface area contributed by atoms with Crippen LogP contribution in [0.4, 0.5) is 0 Å². The van der Waals surface area contributed by atoms with Crippen molar-refractivity contribution in [3.63, 3.8) is 0 Å². The first-order chi connectivity index (χ1) is 6.00. The SMILES string of the molecule is [Fe+2].[O-][Cl+3]([O-])([O-])[O-].[O-][Cl+3]([O-])([O-])[O-].[O-][Cl+3]([O-])([O-])[O-]. The van der Waals surface area contributed by atoms with E-state index in [1.54, 1.807) is 0 Å². The van der Waals surface area contributed by atoms with Crippen LogP contribution in [0.1, 0.15) is 0 Å². The van der Waals surface area contributed by atoms with Gasteiger partial charge in [-0.15, -0.1) is 30.7 Å². The standard InChI is InChI=1S/3ClHO4.Fe/c3*2-1(3,4)5;/h3*(H,2,3,4,5);/q;;;+2/p-3. The molecule has 0 saturated heterocycles. The normalized spacial score (nSPS) is 11.2. The van der Waals surface area contributed by atoms with Crippen molar-refractivity contribution in [1.29, 1.82) is 0 Å². The molecule has 0 amide bonds. The summed E-state index contributed by atoms with van der Waals surface area (Å²) in [5, 5.41) is 0. The summed E-state index contributed by atoms with van der Waals surface area (Å²) in [6, 6.07) is 0. The van der Waals surface area contributed by atoms with Crippen LogP contribution in [0.15, 0.2) is 0 Å². The van der Waals surface area contributed by atoms with Crippen molar-refractivity contribution < 1.29 is 104 Å². The fourth-order valence-corrected chi connectivity index (χ4v) is 0. The largest absolute Gasteiger partial charge is 2.00 e. The van der Waals surface area contributed by atoms with E-state index in [0.29, 0.717) is 0 Å². The Labute approximate surface area is 104 Å². The second-order valence-corrected chi connectivity index (χ2v) is 3.40. The minimum atomic E-state index is -4.94. The van der Waals surface area contributed by atoms with Crippen LogP contribution in [0.25, 0.3) is 0 Å². The van der Waals surface area contributed by atoms with Gasteiger partial charge >= 0.3 is 17.1 Å². The second-order valence-electron chi connectivity index (χ2n) is 1.13. The van der Waals surface area contributed by atoms with E-state index in [-0.39, 0.29) is 17.1 Å². The number of rotatable bonds is 0. The maximum Gasteiger partial charge on any atom is 2.00 e. The van der Waals surface area contributed by atoms with Crippen LogP contribution in [0.5, 0.6) is 0 Å². The molecule has 0 spiro atoms. The third kappa shape index (κ3) is 3490. The van der Waals surface area contributed by atoms with Gasteiger partial charge in [-0.3, -0.25) is 0 Å². The molecule has 0 N–H and O–H groups in total. The van der Waals surface area contributed by atoms with Crippen LogP contribution in [-0.2, 0) is 17.1 Å². The summed E-state index contributed by atoms with van der Waals surface area (Å²) in [6.45, 7) is 0. The topological polar surface area (TPSA) is 277 Å². The maximum absolute atomic E-state index is 8.49. The fourth-order valence-electron chi connectivity index (χ4n) is 0. The quantitative estimate of drug-likeness (QED) is 0.366. The molecule has 12 nitrogen and oxygen atoms in total. The number of halogens is 3. The van der Waals surface area contributed by atoms with Crippen molar-refractivity contribution in [2.75, 3.05) is 0 Å². The minimum Gasteiger partial charge on any atom is -0.222 e. The van der Waals surface area contributed by atoms with Gasteiger partial charge in [0.25, 0.3) is 0 Å². The van der Waals surface area contributed by atoms with Crippen LogP contribution >= 0.6 is 0 Å². The van der Waals surface area contributed by atoms with Crippen LogP contribution in [-0.4, -0.2) is 0 Å². The van der Waals surface area contributed by atoms with Crippen LogP contribution in [0, 0.1) is 30.7 Å². The van der Waals surface area contributed by atoms with Gasteiger partial charge in [-0.2, -0.15) is 0 Å². The summed E-state index contributed by atoms with van der Waals surface area (Å²) < 4.78 is 102. The van der Waals surface area contributed by atoms with Gasteiger partial charge in [0, 0.05) is 0 Å². The van der Waals surface area contributed by atoms with Crippen molar-refractivity contribution in [2.45, 2.75) is 0 Å². The van der Waals surface area contributed by atoms with Gasteiger partial charge < -0.3 is 0 Å². The van der Waals surface area contributed by atoms with Crippen molar-refractivity contribution in [2.24, 2.45) is 0 Å². The molecular formula is Cl3FeO12-. The molecule has 16 heteroatoms. The molecule has 0 rings (SSSR count). The summed E-state index contributed by atoms with van der Waals surface area (Å²) in [6.07, 6.45) is 0. The van der Waals surface area contributed by atoms with Crippen LogP contribution < -0.4 is 55.9 Å². The van der Waals surface area contributed by atoms with E-state index < -0.39 is 30.7 Å². The smallest absolute Gasteiger partial charge is 0.222 e. The second kappa shape index (κ2) is 9.89. The number of hydrogen-bond donors (Lipinski definition) is 0. The zero-order valence-electron chi connectivity index (χ0n) is 6.39. The van der Waals surface area contributed by atoms with E-state index >= 15 is 0 Å². The molecule has 0 aromatic rings. The monoisotopic (exact) mass is 353 g/mol. The molecule has 0 radical (unpaired) electrons. The Kier molecular flexibility index (Phi) is 15.9. The Morgan fingerprint density at radius 3 is 0.312 bits per heavy atom. The van der Waals surface area contributed by atoms with E-state index in [1.165, 1.54) is 0 Å². The van der Waals surface area contributed by atoms with Gasteiger partial charge in [-0.25, -0.2) is 55.9 Å². The maximum atomic E-state index is 8.49. The van der Waals surface area contributed by atoms with E-state index in [2.05, 4.69) is 0 Å². The number of hydrogen-bond acceptors (Lipinski definition) is 12. The summed E-state index contributed by atoms with van der Waals surface area (Å²) in [4.78, 5) is 0. The third-order valence-electron chi connectivity index (χ3n) is 0. The van der Waals surface area contributed by atoms with Crippen molar-refractivity contribution in [3.05, 3.63) is 0 Å². The Morgan fingerprint density at radius 2 is 0.312 bits per heavy atom. The first-order valence-electron chi connectivity index (χ1n) is 1.85. The molecule has 16 heavy (non-hydrogen) atoms. The Morgan fingerprint density at radius 1 is 0.312 bits per heavy atom. The van der Waals surface area contributed by atoms with Gasteiger partial charge in [-0.1, -0.05) is 0 Å². The minimum absolute atomic E-state index is 0. The molecule has 102 valence electrons. The average Bonchev–Trinajstić information content (AvgIpc) is 1.41. The predicted octanol–water partition coefficient (Wildman–Crippen LogP) is -14.3. The molecular weight excluding hydrogens is 354 g/mol. The van der Waals surface area contributed by atoms with Gasteiger partial charge in [0.1, 0.15) is 0 Å². The molecule has 0 atom stereocenters. The van der Waals surface area contributed by atoms with Gasteiger partial charge in [-0.05, 0) is 0 Å². The van der Waals surface area contributed by atoms with Crippen molar-refractivity contribution in [1.82, 2.24) is 0 Å². The Balaban J connectivity index is -0.0000000655. The first-order valence-corrected chi connectivity index (χ1v) is 5.55.